The fourth-order valence-corrected chi connectivity index (χ4v) is 3.64. The van der Waals surface area contributed by atoms with Gasteiger partial charge in [0.05, 0.1) is 6.10 Å². The Bertz CT molecular complexity index is 692. The van der Waals surface area contributed by atoms with E-state index in [0.717, 1.165) is 12.8 Å². The van der Waals surface area contributed by atoms with Crippen molar-refractivity contribution in [3.63, 3.8) is 0 Å². The number of nitrogens with one attached hydrogen (secondary N) is 2. The van der Waals surface area contributed by atoms with Crippen LogP contribution in [0.4, 0.5) is 0 Å². The lowest BCUT2D eigenvalue weighted by atomic mass is 9.97. The van der Waals surface area contributed by atoms with Crippen LogP contribution in [0.15, 0.2) is 29.4 Å². The van der Waals surface area contributed by atoms with Gasteiger partial charge < -0.3 is 10.1 Å². The summed E-state index contributed by atoms with van der Waals surface area (Å²) in [4.78, 5) is 7.06. The second-order valence-electron chi connectivity index (χ2n) is 5.05. The summed E-state index contributed by atoms with van der Waals surface area (Å²) in [5.41, 5.74) is 0.526. The molecule has 0 radical (unpaired) electrons. The average Bonchev–Trinajstić information content (AvgIpc) is 2.91. The van der Waals surface area contributed by atoms with Crippen molar-refractivity contribution in [3.05, 3.63) is 24.5 Å². The van der Waals surface area contributed by atoms with Crippen molar-refractivity contribution in [2.24, 2.45) is 5.92 Å². The van der Waals surface area contributed by atoms with Gasteiger partial charge in [-0.05, 0) is 18.1 Å². The van der Waals surface area contributed by atoms with E-state index in [1.807, 2.05) is 13.8 Å². The summed E-state index contributed by atoms with van der Waals surface area (Å²) < 4.78 is 27.2. The van der Waals surface area contributed by atoms with Gasteiger partial charge in [0.2, 0.25) is 10.0 Å². The minimum atomic E-state index is -3.67. The summed E-state index contributed by atoms with van der Waals surface area (Å²) in [5.74, 6) is 0.0948. The molecule has 0 spiro atoms. The lowest BCUT2D eigenvalue weighted by Gasteiger charge is -2.20. The first-order valence-corrected chi connectivity index (χ1v) is 8.57. The lowest BCUT2D eigenvalue weighted by Crippen LogP contribution is -2.36. The van der Waals surface area contributed by atoms with Crippen LogP contribution >= 0.6 is 0 Å². The molecule has 6 nitrogen and oxygen atoms in total. The molecule has 0 saturated heterocycles. The van der Waals surface area contributed by atoms with Crippen molar-refractivity contribution in [2.45, 2.75) is 37.7 Å². The summed E-state index contributed by atoms with van der Waals surface area (Å²) in [5, 5.41) is 10.6. The summed E-state index contributed by atoms with van der Waals surface area (Å²) in [7, 11) is -3.67. The topological polar surface area (TPSA) is 95.1 Å². The number of aromatic nitrogens is 2. The number of rotatable bonds is 7. The molecule has 0 aliphatic heterocycles. The standard InChI is InChI=1S/C14H21N3O3S/c1-3-10(4-2)12(18)8-17-21(19,20)13-9-16-14-11(13)6-5-7-15-14/h5-7,9-10,12,17-18H,3-4,8H2,1-2H3,(H,15,16). The van der Waals surface area contributed by atoms with E-state index < -0.39 is 16.1 Å². The summed E-state index contributed by atoms with van der Waals surface area (Å²) >= 11 is 0. The first kappa shape index (κ1) is 15.9. The molecular formula is C14H21N3O3S. The molecule has 21 heavy (non-hydrogen) atoms. The minimum absolute atomic E-state index is 0.0155. The zero-order valence-electron chi connectivity index (χ0n) is 12.2. The van der Waals surface area contributed by atoms with E-state index in [1.165, 1.54) is 6.20 Å². The van der Waals surface area contributed by atoms with Crippen LogP contribution in [-0.4, -0.2) is 36.1 Å². The molecule has 2 aromatic rings. The second-order valence-corrected chi connectivity index (χ2v) is 6.78. The molecule has 2 aromatic heterocycles. The number of nitrogens with zero attached hydrogens (tertiary/aromatic N) is 1. The maximum Gasteiger partial charge on any atom is 0.242 e. The number of H-pyrrole nitrogens is 1. The molecule has 116 valence electrons. The van der Waals surface area contributed by atoms with Gasteiger partial charge in [0.25, 0.3) is 0 Å². The second kappa shape index (κ2) is 6.55. The predicted molar refractivity (Wildman–Crippen MR) is 81.4 cm³/mol. The number of aliphatic hydroxyl groups excluding tert-OH is 1. The third-order valence-corrected chi connectivity index (χ3v) is 5.24. The fourth-order valence-electron chi connectivity index (χ4n) is 2.43. The molecule has 0 saturated carbocycles. The zero-order valence-corrected chi connectivity index (χ0v) is 13.0. The van der Waals surface area contributed by atoms with Crippen LogP contribution in [0, 0.1) is 5.92 Å². The van der Waals surface area contributed by atoms with Crippen molar-refractivity contribution in [3.8, 4) is 0 Å². The highest BCUT2D eigenvalue weighted by molar-refractivity contribution is 7.89. The molecule has 0 fully saturated rings. The maximum atomic E-state index is 12.3. The lowest BCUT2D eigenvalue weighted by molar-refractivity contribution is 0.107. The monoisotopic (exact) mass is 311 g/mol. The first-order chi connectivity index (χ1) is 9.99. The van der Waals surface area contributed by atoms with E-state index in [0.29, 0.717) is 11.0 Å². The molecule has 3 N–H and O–H groups in total. The quantitative estimate of drug-likeness (QED) is 0.724. The van der Waals surface area contributed by atoms with Gasteiger partial charge in [-0.2, -0.15) is 0 Å². The summed E-state index contributed by atoms with van der Waals surface area (Å²) in [6, 6.07) is 3.39. The van der Waals surface area contributed by atoms with Crippen LogP contribution in [0.25, 0.3) is 11.0 Å². The molecule has 0 aliphatic carbocycles. The van der Waals surface area contributed by atoms with Crippen LogP contribution < -0.4 is 4.72 Å². The van der Waals surface area contributed by atoms with Gasteiger partial charge in [-0.25, -0.2) is 18.1 Å². The number of aliphatic hydroxyl groups is 1. The van der Waals surface area contributed by atoms with Crippen molar-refractivity contribution in [2.75, 3.05) is 6.54 Å². The Kier molecular flexibility index (Phi) is 4.97. The van der Waals surface area contributed by atoms with E-state index in [9.17, 15) is 13.5 Å². The van der Waals surface area contributed by atoms with E-state index in [1.54, 1.807) is 18.3 Å². The van der Waals surface area contributed by atoms with E-state index in [4.69, 9.17) is 0 Å². The molecule has 0 bridgehead atoms. The number of pyridine rings is 1. The number of aromatic amines is 1. The molecule has 7 heteroatoms. The molecule has 0 aliphatic rings. The molecule has 0 aromatic carbocycles. The molecule has 1 atom stereocenters. The van der Waals surface area contributed by atoms with Crippen LogP contribution in [0.5, 0.6) is 0 Å². The molecule has 0 amide bonds. The molecular weight excluding hydrogens is 290 g/mol. The Labute approximate surface area is 124 Å². The fraction of sp³-hybridized carbons (Fsp3) is 0.500. The van der Waals surface area contributed by atoms with E-state index >= 15 is 0 Å². The number of hydrogen-bond acceptors (Lipinski definition) is 4. The molecule has 1 unspecified atom stereocenters. The summed E-state index contributed by atoms with van der Waals surface area (Å²) in [6.07, 6.45) is 3.97. The highest BCUT2D eigenvalue weighted by atomic mass is 32.2. The van der Waals surface area contributed by atoms with Crippen molar-refractivity contribution in [1.82, 2.24) is 14.7 Å². The summed E-state index contributed by atoms with van der Waals surface area (Å²) in [6.45, 7) is 3.98. The smallest absolute Gasteiger partial charge is 0.242 e. The van der Waals surface area contributed by atoms with Gasteiger partial charge in [0.15, 0.2) is 0 Å². The van der Waals surface area contributed by atoms with Gasteiger partial charge in [0, 0.05) is 24.3 Å². The largest absolute Gasteiger partial charge is 0.391 e. The highest BCUT2D eigenvalue weighted by Gasteiger charge is 2.22. The van der Waals surface area contributed by atoms with E-state index in [-0.39, 0.29) is 17.4 Å². The van der Waals surface area contributed by atoms with Crippen molar-refractivity contribution < 1.29 is 13.5 Å². The van der Waals surface area contributed by atoms with Gasteiger partial charge in [-0.1, -0.05) is 26.7 Å². The van der Waals surface area contributed by atoms with Crippen molar-refractivity contribution in [1.29, 1.82) is 0 Å². The van der Waals surface area contributed by atoms with Gasteiger partial charge in [-0.3, -0.25) is 0 Å². The first-order valence-electron chi connectivity index (χ1n) is 7.09. The number of hydrogen-bond donors (Lipinski definition) is 3. The predicted octanol–water partition coefficient (Wildman–Crippen LogP) is 1.64. The van der Waals surface area contributed by atoms with Crippen LogP contribution in [0.3, 0.4) is 0 Å². The average molecular weight is 311 g/mol. The highest BCUT2D eigenvalue weighted by Crippen LogP contribution is 2.21. The molecule has 2 heterocycles. The maximum absolute atomic E-state index is 12.3. The normalized spacial score (nSPS) is 13.9. The third-order valence-electron chi connectivity index (χ3n) is 3.78. The van der Waals surface area contributed by atoms with Gasteiger partial charge in [0.1, 0.15) is 10.5 Å². The Morgan fingerprint density at radius 3 is 2.76 bits per heavy atom. The molecule has 2 rings (SSSR count). The van der Waals surface area contributed by atoms with Gasteiger partial charge >= 0.3 is 0 Å². The minimum Gasteiger partial charge on any atom is -0.391 e. The number of sulfonamides is 1. The third kappa shape index (κ3) is 3.42. The Morgan fingerprint density at radius 1 is 1.38 bits per heavy atom. The van der Waals surface area contributed by atoms with Gasteiger partial charge in [-0.15, -0.1) is 0 Å². The zero-order chi connectivity index (χ0) is 15.5. The van der Waals surface area contributed by atoms with Crippen LogP contribution in [0.2, 0.25) is 0 Å². The SMILES string of the molecule is CCC(CC)C(O)CNS(=O)(=O)c1c[nH]c2ncccc12. The Morgan fingerprint density at radius 2 is 2.10 bits per heavy atom. The van der Waals surface area contributed by atoms with Crippen LogP contribution in [-0.2, 0) is 10.0 Å². The van der Waals surface area contributed by atoms with Crippen LogP contribution in [0.1, 0.15) is 26.7 Å². The Balaban J connectivity index is 2.16. The van der Waals surface area contributed by atoms with Crippen molar-refractivity contribution >= 4 is 21.1 Å². The Hall–Kier alpha value is -1.44. The van der Waals surface area contributed by atoms with E-state index in [2.05, 4.69) is 14.7 Å². The number of fused-ring (bicyclic) bond motifs is 1.